The highest BCUT2D eigenvalue weighted by atomic mass is 16.5. The summed E-state index contributed by atoms with van der Waals surface area (Å²) in [5.41, 5.74) is 1.84. The maximum Gasteiger partial charge on any atom is 0.261 e. The molecule has 1 heterocycles. The molecule has 0 unspecified atom stereocenters. The number of benzene rings is 2. The quantitative estimate of drug-likeness (QED) is 0.650. The summed E-state index contributed by atoms with van der Waals surface area (Å²) in [4.78, 5) is 17.3. The monoisotopic (exact) mass is 352 g/mol. The van der Waals surface area contributed by atoms with Crippen LogP contribution in [0.3, 0.4) is 0 Å². The highest BCUT2D eigenvalue weighted by molar-refractivity contribution is 5.77. The molecule has 0 aliphatic rings. The number of hydrogen-bond donors (Lipinski definition) is 0. The summed E-state index contributed by atoms with van der Waals surface area (Å²) in [6, 6.07) is 13.4. The lowest BCUT2D eigenvalue weighted by molar-refractivity contribution is 0.287. The van der Waals surface area contributed by atoms with Gasteiger partial charge >= 0.3 is 0 Å². The minimum absolute atomic E-state index is 0.00377. The van der Waals surface area contributed by atoms with Crippen molar-refractivity contribution in [2.24, 2.45) is 0 Å². The fraction of sp³-hybridized carbons (Fsp3) is 0.333. The van der Waals surface area contributed by atoms with E-state index >= 15 is 0 Å². The Labute approximate surface area is 153 Å². The molecule has 136 valence electrons. The summed E-state index contributed by atoms with van der Waals surface area (Å²) < 4.78 is 13.0. The van der Waals surface area contributed by atoms with Crippen molar-refractivity contribution in [1.29, 1.82) is 0 Å². The molecule has 0 N–H and O–H groups in total. The van der Waals surface area contributed by atoms with Gasteiger partial charge in [0, 0.05) is 6.54 Å². The molecule has 0 fully saturated rings. The van der Waals surface area contributed by atoms with Crippen LogP contribution in [0.2, 0.25) is 0 Å². The Hall–Kier alpha value is -2.82. The Balaban J connectivity index is 1.86. The van der Waals surface area contributed by atoms with Crippen LogP contribution in [-0.2, 0) is 13.0 Å². The number of aryl methyl sites for hydroxylation is 2. The highest BCUT2D eigenvalue weighted by Crippen LogP contribution is 2.28. The zero-order valence-electron chi connectivity index (χ0n) is 15.5. The number of nitrogens with zero attached hydrogens (tertiary/aromatic N) is 2. The molecule has 0 spiro atoms. The fourth-order valence-electron chi connectivity index (χ4n) is 3.03. The molecule has 2 aromatic carbocycles. The molecule has 5 heteroatoms. The summed E-state index contributed by atoms with van der Waals surface area (Å²) in [5, 5.41) is 0.653. The summed E-state index contributed by atoms with van der Waals surface area (Å²) in [6.45, 7) is 7.52. The average molecular weight is 352 g/mol. The molecular weight excluding hydrogens is 328 g/mol. The van der Waals surface area contributed by atoms with E-state index in [4.69, 9.17) is 9.47 Å². The van der Waals surface area contributed by atoms with E-state index in [9.17, 15) is 4.79 Å². The molecule has 5 nitrogen and oxygen atoms in total. The predicted octanol–water partition coefficient (Wildman–Crippen LogP) is 3.75. The zero-order chi connectivity index (χ0) is 18.5. The molecule has 0 atom stereocenters. The van der Waals surface area contributed by atoms with Gasteiger partial charge in [-0.2, -0.15) is 0 Å². The molecule has 0 saturated heterocycles. The molecule has 0 bridgehead atoms. The second kappa shape index (κ2) is 8.04. The Bertz CT molecular complexity index is 963. The van der Waals surface area contributed by atoms with Crippen molar-refractivity contribution < 1.29 is 9.47 Å². The number of rotatable bonds is 7. The first kappa shape index (κ1) is 18.0. The van der Waals surface area contributed by atoms with Crippen LogP contribution >= 0.6 is 0 Å². The van der Waals surface area contributed by atoms with Gasteiger partial charge in [-0.25, -0.2) is 4.98 Å². The number of ether oxygens (including phenoxy) is 2. The third-order valence-corrected chi connectivity index (χ3v) is 4.28. The van der Waals surface area contributed by atoms with E-state index in [0.29, 0.717) is 31.6 Å². The van der Waals surface area contributed by atoms with E-state index in [1.807, 2.05) is 63.2 Å². The topological polar surface area (TPSA) is 53.4 Å². The van der Waals surface area contributed by atoms with Gasteiger partial charge in [0.05, 0.1) is 24.1 Å². The fourth-order valence-corrected chi connectivity index (χ4v) is 3.03. The van der Waals surface area contributed by atoms with Gasteiger partial charge in [-0.3, -0.25) is 9.36 Å². The zero-order valence-corrected chi connectivity index (χ0v) is 15.5. The van der Waals surface area contributed by atoms with Crippen LogP contribution in [-0.4, -0.2) is 22.8 Å². The number of para-hydroxylation sites is 1. The van der Waals surface area contributed by atoms with Gasteiger partial charge in [-0.05, 0) is 57.0 Å². The second-order valence-electron chi connectivity index (χ2n) is 6.03. The van der Waals surface area contributed by atoms with Crippen LogP contribution in [0, 0.1) is 6.92 Å². The van der Waals surface area contributed by atoms with E-state index < -0.39 is 0 Å². The number of hydrogen-bond acceptors (Lipinski definition) is 4. The van der Waals surface area contributed by atoms with Crippen LogP contribution in [0.25, 0.3) is 10.9 Å². The molecular formula is C21H24N2O3. The molecule has 0 saturated carbocycles. The Morgan fingerprint density at radius 1 is 1.00 bits per heavy atom. The van der Waals surface area contributed by atoms with Gasteiger partial charge in [0.25, 0.3) is 5.56 Å². The number of fused-ring (bicyclic) bond motifs is 1. The van der Waals surface area contributed by atoms with Gasteiger partial charge in [0.2, 0.25) is 0 Å². The molecule has 0 aliphatic heterocycles. The molecule has 0 amide bonds. The van der Waals surface area contributed by atoms with Gasteiger partial charge in [-0.15, -0.1) is 0 Å². The van der Waals surface area contributed by atoms with Gasteiger partial charge in [0.1, 0.15) is 5.82 Å². The highest BCUT2D eigenvalue weighted by Gasteiger charge is 2.10. The minimum atomic E-state index is 0.00377. The largest absolute Gasteiger partial charge is 0.490 e. The third-order valence-electron chi connectivity index (χ3n) is 4.28. The molecule has 1 aromatic heterocycles. The normalized spacial score (nSPS) is 10.9. The average Bonchev–Trinajstić information content (AvgIpc) is 2.64. The van der Waals surface area contributed by atoms with Crippen molar-refractivity contribution in [3.05, 3.63) is 64.2 Å². The summed E-state index contributed by atoms with van der Waals surface area (Å²) in [7, 11) is 0. The number of aromatic nitrogens is 2. The molecule has 26 heavy (non-hydrogen) atoms. The van der Waals surface area contributed by atoms with Crippen LogP contribution in [0.1, 0.15) is 25.2 Å². The van der Waals surface area contributed by atoms with Crippen molar-refractivity contribution in [2.75, 3.05) is 13.2 Å². The smallest absolute Gasteiger partial charge is 0.261 e. The van der Waals surface area contributed by atoms with Crippen molar-refractivity contribution >= 4 is 10.9 Å². The first-order valence-corrected chi connectivity index (χ1v) is 8.98. The lowest BCUT2D eigenvalue weighted by Crippen LogP contribution is -2.24. The maximum absolute atomic E-state index is 12.8. The van der Waals surface area contributed by atoms with E-state index in [1.165, 1.54) is 0 Å². The minimum Gasteiger partial charge on any atom is -0.490 e. The van der Waals surface area contributed by atoms with Crippen LogP contribution in [0.5, 0.6) is 11.5 Å². The Morgan fingerprint density at radius 2 is 1.73 bits per heavy atom. The lowest BCUT2D eigenvalue weighted by atomic mass is 10.1. The molecule has 0 aliphatic carbocycles. The van der Waals surface area contributed by atoms with Crippen molar-refractivity contribution in [3.8, 4) is 11.5 Å². The van der Waals surface area contributed by atoms with Crippen molar-refractivity contribution in [2.45, 2.75) is 33.7 Å². The maximum atomic E-state index is 12.8. The molecule has 3 aromatic rings. The van der Waals surface area contributed by atoms with Crippen LogP contribution in [0.4, 0.5) is 0 Å². The molecule has 3 rings (SSSR count). The SMILES string of the molecule is CCOc1ccc(CCn2c(C)nc3ccccc3c2=O)cc1OCC. The Morgan fingerprint density at radius 3 is 2.50 bits per heavy atom. The van der Waals surface area contributed by atoms with E-state index in [1.54, 1.807) is 4.57 Å². The summed E-state index contributed by atoms with van der Waals surface area (Å²) >= 11 is 0. The van der Waals surface area contributed by atoms with Gasteiger partial charge in [-0.1, -0.05) is 18.2 Å². The summed E-state index contributed by atoms with van der Waals surface area (Å²) in [6.07, 6.45) is 0.716. The van der Waals surface area contributed by atoms with E-state index in [-0.39, 0.29) is 5.56 Å². The third kappa shape index (κ3) is 3.72. The first-order chi connectivity index (χ1) is 12.6. The van der Waals surface area contributed by atoms with E-state index in [2.05, 4.69) is 4.98 Å². The van der Waals surface area contributed by atoms with Crippen molar-refractivity contribution in [3.63, 3.8) is 0 Å². The Kier molecular flexibility index (Phi) is 5.56. The standard InChI is InChI=1S/C21H24N2O3/c1-4-25-19-11-10-16(14-20(19)26-5-2)12-13-23-15(3)22-18-9-7-6-8-17(18)21(23)24/h6-11,14H,4-5,12-13H2,1-3H3. The van der Waals surface area contributed by atoms with Crippen LogP contribution < -0.4 is 15.0 Å². The van der Waals surface area contributed by atoms with Crippen LogP contribution in [0.15, 0.2) is 47.3 Å². The lowest BCUT2D eigenvalue weighted by Gasteiger charge is -2.14. The van der Waals surface area contributed by atoms with Gasteiger partial charge < -0.3 is 9.47 Å². The van der Waals surface area contributed by atoms with Gasteiger partial charge in [0.15, 0.2) is 11.5 Å². The summed E-state index contributed by atoms with van der Waals surface area (Å²) in [5.74, 6) is 2.22. The first-order valence-electron chi connectivity index (χ1n) is 8.98. The van der Waals surface area contributed by atoms with E-state index in [0.717, 1.165) is 28.4 Å². The predicted molar refractivity (Wildman–Crippen MR) is 103 cm³/mol. The molecule has 0 radical (unpaired) electrons. The second-order valence-corrected chi connectivity index (χ2v) is 6.03. The van der Waals surface area contributed by atoms with Crippen molar-refractivity contribution in [1.82, 2.24) is 9.55 Å².